The maximum Gasteiger partial charge on any atom is 0.317 e. The Hall–Kier alpha value is -2.77. The minimum atomic E-state index is -0.0328. The molecule has 0 spiro atoms. The second-order valence-corrected chi connectivity index (χ2v) is 7.91. The van der Waals surface area contributed by atoms with Crippen molar-refractivity contribution in [3.05, 3.63) is 59.2 Å². The Bertz CT molecular complexity index is 884. The van der Waals surface area contributed by atoms with Gasteiger partial charge in [0.1, 0.15) is 0 Å². The molecule has 31 heavy (non-hydrogen) atoms. The van der Waals surface area contributed by atoms with Crippen LogP contribution in [0.1, 0.15) is 22.7 Å². The topological polar surface area (TPSA) is 63.3 Å². The number of rotatable bonds is 6. The summed E-state index contributed by atoms with van der Waals surface area (Å²) in [6.07, 6.45) is 0.800. The zero-order chi connectivity index (χ0) is 21.6. The number of morpholine rings is 1. The molecular weight excluding hydrogens is 394 g/mol. The molecule has 2 aromatic rings. The fourth-order valence-electron chi connectivity index (χ4n) is 4.37. The second kappa shape index (κ2) is 10.0. The first kappa shape index (κ1) is 21.5. The van der Waals surface area contributed by atoms with Crippen molar-refractivity contribution < 1.29 is 19.0 Å². The number of benzene rings is 2. The van der Waals surface area contributed by atoms with Gasteiger partial charge in [0.2, 0.25) is 0 Å². The van der Waals surface area contributed by atoms with E-state index in [4.69, 9.17) is 14.2 Å². The maximum atomic E-state index is 13.0. The quantitative estimate of drug-likeness (QED) is 0.771. The van der Waals surface area contributed by atoms with Crippen molar-refractivity contribution in [2.24, 2.45) is 0 Å². The molecule has 2 aromatic carbocycles. The Morgan fingerprint density at radius 3 is 2.39 bits per heavy atom. The van der Waals surface area contributed by atoms with Crippen LogP contribution in [0.4, 0.5) is 4.79 Å². The van der Waals surface area contributed by atoms with Crippen molar-refractivity contribution in [1.82, 2.24) is 15.1 Å². The molecule has 0 bridgehead atoms. The van der Waals surface area contributed by atoms with Crippen molar-refractivity contribution in [2.45, 2.75) is 19.0 Å². The van der Waals surface area contributed by atoms with Crippen LogP contribution in [0.25, 0.3) is 0 Å². The largest absolute Gasteiger partial charge is 0.493 e. The molecule has 1 atom stereocenters. The summed E-state index contributed by atoms with van der Waals surface area (Å²) in [5.74, 6) is 1.43. The fourth-order valence-corrected chi connectivity index (χ4v) is 4.37. The summed E-state index contributed by atoms with van der Waals surface area (Å²) in [6.45, 7) is 5.01. The van der Waals surface area contributed by atoms with E-state index in [1.807, 2.05) is 35.2 Å². The van der Waals surface area contributed by atoms with E-state index in [1.165, 1.54) is 11.1 Å². The van der Waals surface area contributed by atoms with Gasteiger partial charge in [0.15, 0.2) is 11.5 Å². The number of hydrogen-bond donors (Lipinski definition) is 1. The lowest BCUT2D eigenvalue weighted by atomic mass is 9.99. The highest BCUT2D eigenvalue weighted by molar-refractivity contribution is 5.74. The van der Waals surface area contributed by atoms with Gasteiger partial charge in [0, 0.05) is 32.7 Å². The van der Waals surface area contributed by atoms with Crippen molar-refractivity contribution in [3.8, 4) is 11.5 Å². The molecule has 0 aromatic heterocycles. The molecule has 1 fully saturated rings. The Labute approximate surface area is 183 Å². The molecular formula is C24H31N3O4. The highest BCUT2D eigenvalue weighted by atomic mass is 16.5. The molecule has 7 heteroatoms. The van der Waals surface area contributed by atoms with Gasteiger partial charge in [-0.15, -0.1) is 0 Å². The number of methoxy groups -OCH3 is 2. The third-order valence-corrected chi connectivity index (χ3v) is 6.12. The molecule has 1 N–H and O–H groups in total. The van der Waals surface area contributed by atoms with Crippen LogP contribution in [0.15, 0.2) is 42.5 Å². The fraction of sp³-hybridized carbons (Fsp3) is 0.458. The van der Waals surface area contributed by atoms with Gasteiger partial charge in [-0.2, -0.15) is 0 Å². The number of nitrogens with zero attached hydrogens (tertiary/aromatic N) is 2. The van der Waals surface area contributed by atoms with Crippen molar-refractivity contribution >= 4 is 6.03 Å². The highest BCUT2D eigenvalue weighted by Crippen LogP contribution is 2.33. The average Bonchev–Trinajstić information content (AvgIpc) is 2.84. The third kappa shape index (κ3) is 4.94. The van der Waals surface area contributed by atoms with Gasteiger partial charge in [-0.25, -0.2) is 4.79 Å². The zero-order valence-electron chi connectivity index (χ0n) is 18.3. The van der Waals surface area contributed by atoms with Gasteiger partial charge in [0.05, 0.1) is 33.5 Å². The number of fused-ring (bicyclic) bond motifs is 1. The lowest BCUT2D eigenvalue weighted by molar-refractivity contribution is 0.0164. The molecule has 7 nitrogen and oxygen atoms in total. The first-order chi connectivity index (χ1) is 15.2. The Morgan fingerprint density at radius 1 is 1.03 bits per heavy atom. The summed E-state index contributed by atoms with van der Waals surface area (Å²) < 4.78 is 16.4. The lowest BCUT2D eigenvalue weighted by Crippen LogP contribution is -2.47. The number of urea groups is 1. The van der Waals surface area contributed by atoms with Crippen LogP contribution in [0.2, 0.25) is 0 Å². The van der Waals surface area contributed by atoms with Gasteiger partial charge < -0.3 is 24.4 Å². The predicted octanol–water partition coefficient (Wildman–Crippen LogP) is 2.85. The minimum absolute atomic E-state index is 0.0328. The van der Waals surface area contributed by atoms with E-state index in [2.05, 4.69) is 22.3 Å². The number of amides is 2. The summed E-state index contributed by atoms with van der Waals surface area (Å²) in [5, 5.41) is 3.18. The molecule has 0 unspecified atom stereocenters. The number of ether oxygens (including phenoxy) is 3. The molecule has 166 valence electrons. The molecule has 2 aliphatic heterocycles. The molecule has 2 amide bonds. The van der Waals surface area contributed by atoms with Gasteiger partial charge in [-0.1, -0.05) is 30.3 Å². The van der Waals surface area contributed by atoms with Crippen LogP contribution in [0.5, 0.6) is 11.5 Å². The van der Waals surface area contributed by atoms with E-state index in [1.54, 1.807) is 14.2 Å². The maximum absolute atomic E-state index is 13.0. The molecule has 1 saturated heterocycles. The number of hydrogen-bond acceptors (Lipinski definition) is 5. The highest BCUT2D eigenvalue weighted by Gasteiger charge is 2.26. The minimum Gasteiger partial charge on any atom is -0.493 e. The molecule has 2 aliphatic rings. The number of carbonyl (C=O) groups excluding carboxylic acids is 1. The summed E-state index contributed by atoms with van der Waals surface area (Å²) in [4.78, 5) is 17.3. The average molecular weight is 426 g/mol. The zero-order valence-corrected chi connectivity index (χ0v) is 18.3. The standard InChI is InChI=1S/C24H31N3O4/c1-29-22-14-19-8-9-27(17-20(19)15-23(22)30-2)24(28)25-16-21(18-6-4-3-5-7-18)26-10-12-31-13-11-26/h3-7,14-15,21H,8-13,16-17H2,1-2H3,(H,25,28)/t21-/m1/s1. The first-order valence-electron chi connectivity index (χ1n) is 10.8. The van der Waals surface area contributed by atoms with E-state index in [9.17, 15) is 4.79 Å². The smallest absolute Gasteiger partial charge is 0.317 e. The van der Waals surface area contributed by atoms with Crippen LogP contribution in [-0.2, 0) is 17.7 Å². The van der Waals surface area contributed by atoms with Crippen molar-refractivity contribution in [1.29, 1.82) is 0 Å². The van der Waals surface area contributed by atoms with E-state index in [0.29, 0.717) is 25.4 Å². The number of nitrogens with one attached hydrogen (secondary N) is 1. The van der Waals surface area contributed by atoms with Gasteiger partial charge >= 0.3 is 6.03 Å². The lowest BCUT2D eigenvalue weighted by Gasteiger charge is -2.36. The Balaban J connectivity index is 1.42. The first-order valence-corrected chi connectivity index (χ1v) is 10.8. The van der Waals surface area contributed by atoms with Crippen molar-refractivity contribution in [3.63, 3.8) is 0 Å². The normalized spacial score (nSPS) is 17.5. The summed E-state index contributed by atoms with van der Waals surface area (Å²) in [5.41, 5.74) is 3.52. The van der Waals surface area contributed by atoms with Crippen molar-refractivity contribution in [2.75, 3.05) is 53.6 Å². The molecule has 0 saturated carbocycles. The molecule has 2 heterocycles. The van der Waals surface area contributed by atoms with E-state index in [0.717, 1.165) is 44.0 Å². The van der Waals surface area contributed by atoms with Crippen LogP contribution >= 0.6 is 0 Å². The van der Waals surface area contributed by atoms with Gasteiger partial charge in [-0.05, 0) is 35.2 Å². The van der Waals surface area contributed by atoms with E-state index in [-0.39, 0.29) is 12.1 Å². The number of carbonyl (C=O) groups is 1. The Kier molecular flexibility index (Phi) is 6.94. The predicted molar refractivity (Wildman–Crippen MR) is 119 cm³/mol. The molecule has 0 aliphatic carbocycles. The van der Waals surface area contributed by atoms with Gasteiger partial charge in [0.25, 0.3) is 0 Å². The summed E-state index contributed by atoms with van der Waals surface area (Å²) in [6, 6.07) is 14.5. The van der Waals surface area contributed by atoms with Crippen LogP contribution < -0.4 is 14.8 Å². The third-order valence-electron chi connectivity index (χ3n) is 6.12. The van der Waals surface area contributed by atoms with E-state index >= 15 is 0 Å². The monoisotopic (exact) mass is 425 g/mol. The summed E-state index contributed by atoms with van der Waals surface area (Å²) >= 11 is 0. The van der Waals surface area contributed by atoms with Crippen LogP contribution in [-0.4, -0.2) is 69.4 Å². The molecule has 0 radical (unpaired) electrons. The SMILES string of the molecule is COc1cc2c(cc1OC)CN(C(=O)NC[C@H](c1ccccc1)N1CCOCC1)CC2. The van der Waals surface area contributed by atoms with Gasteiger partial charge in [-0.3, -0.25) is 4.90 Å². The van der Waals surface area contributed by atoms with Crippen LogP contribution in [0, 0.1) is 0 Å². The van der Waals surface area contributed by atoms with E-state index < -0.39 is 0 Å². The summed E-state index contributed by atoms with van der Waals surface area (Å²) in [7, 11) is 3.28. The van der Waals surface area contributed by atoms with Crippen LogP contribution in [0.3, 0.4) is 0 Å². The molecule has 4 rings (SSSR count). The second-order valence-electron chi connectivity index (χ2n) is 7.91. The Morgan fingerprint density at radius 2 is 1.71 bits per heavy atom.